The molecule has 1 atom stereocenters. The Morgan fingerprint density at radius 1 is 0.829 bits per heavy atom. The Morgan fingerprint density at radius 2 is 1.51 bits per heavy atom. The van der Waals surface area contributed by atoms with Crippen LogP contribution in [0.2, 0.25) is 0 Å². The number of nitrogen functional groups attached to an aromatic ring is 2. The second kappa shape index (κ2) is 13.1. The fraction of sp³-hybridized carbons (Fsp3) is 0.353. The molecule has 2 aromatic carbocycles. The number of allylic oxidation sites excluding steroid dienone is 1. The number of hydrogen-bond donors (Lipinski definition) is 2. The number of thiophene rings is 2. The van der Waals surface area contributed by atoms with Crippen LogP contribution < -0.4 is 11.5 Å². The van der Waals surface area contributed by atoms with E-state index in [0.717, 1.165) is 82.0 Å². The topological polar surface area (TPSA) is 52.0 Å². The first-order valence-corrected chi connectivity index (χ1v) is 17.1. The highest BCUT2D eigenvalue weighted by molar-refractivity contribution is 8.10. The molecular weight excluding hydrogens is 571 g/mol. The first kappa shape index (κ1) is 29.9. The molecular formula is C34H38F2N2S3. The van der Waals surface area contributed by atoms with Gasteiger partial charge in [-0.3, -0.25) is 0 Å². The zero-order valence-electron chi connectivity index (χ0n) is 23.8. The number of hydrogen-bond acceptors (Lipinski definition) is 5. The molecule has 2 nitrogen and oxygen atoms in total. The Hall–Kier alpha value is -2.61. The van der Waals surface area contributed by atoms with Crippen molar-refractivity contribution in [1.29, 1.82) is 0 Å². The molecule has 41 heavy (non-hydrogen) atoms. The monoisotopic (exact) mass is 608 g/mol. The molecule has 4 N–H and O–H groups in total. The normalized spacial score (nSPS) is 16.8. The van der Waals surface area contributed by atoms with Crippen LogP contribution in [0.15, 0.2) is 60.0 Å². The summed E-state index contributed by atoms with van der Waals surface area (Å²) in [6.07, 6.45) is 11.2. The number of benzene rings is 2. The van der Waals surface area contributed by atoms with Crippen LogP contribution in [-0.4, -0.2) is 0 Å². The van der Waals surface area contributed by atoms with Crippen molar-refractivity contribution in [3.8, 4) is 10.4 Å². The van der Waals surface area contributed by atoms with Gasteiger partial charge in [-0.1, -0.05) is 69.9 Å². The lowest BCUT2D eigenvalue weighted by molar-refractivity contribution is 0.586. The van der Waals surface area contributed by atoms with Gasteiger partial charge < -0.3 is 11.5 Å². The minimum atomic E-state index is -0.675. The lowest BCUT2D eigenvalue weighted by Gasteiger charge is -2.29. The van der Waals surface area contributed by atoms with Crippen LogP contribution in [0.25, 0.3) is 15.3 Å². The average Bonchev–Trinajstić information content (AvgIpc) is 3.69. The second-order valence-corrected chi connectivity index (χ2v) is 14.1. The van der Waals surface area contributed by atoms with Crippen LogP contribution in [0.4, 0.5) is 20.2 Å². The summed E-state index contributed by atoms with van der Waals surface area (Å²) >= 11 is 4.68. The molecule has 0 bridgehead atoms. The highest BCUT2D eigenvalue weighted by Gasteiger charge is 2.43. The summed E-state index contributed by atoms with van der Waals surface area (Å²) in [6.45, 7) is 4.34. The fourth-order valence-corrected chi connectivity index (χ4v) is 9.31. The number of rotatable bonds is 12. The predicted molar refractivity (Wildman–Crippen MR) is 177 cm³/mol. The van der Waals surface area contributed by atoms with Crippen LogP contribution in [0, 0.1) is 11.6 Å². The summed E-state index contributed by atoms with van der Waals surface area (Å²) < 4.78 is 30.6. The summed E-state index contributed by atoms with van der Waals surface area (Å²) in [6, 6.07) is 15.3. The van der Waals surface area contributed by atoms with Crippen molar-refractivity contribution in [3.05, 3.63) is 98.1 Å². The van der Waals surface area contributed by atoms with Crippen molar-refractivity contribution in [2.75, 3.05) is 11.5 Å². The molecule has 1 unspecified atom stereocenters. The first-order chi connectivity index (χ1) is 19.9. The van der Waals surface area contributed by atoms with Crippen LogP contribution in [0.3, 0.4) is 0 Å². The van der Waals surface area contributed by atoms with Crippen LogP contribution in [0.1, 0.15) is 85.2 Å². The molecule has 0 aliphatic carbocycles. The Kier molecular flexibility index (Phi) is 9.57. The fourth-order valence-electron chi connectivity index (χ4n) is 5.48. The smallest absolute Gasteiger partial charge is 0.132 e. The molecule has 5 rings (SSSR count). The summed E-state index contributed by atoms with van der Waals surface area (Å²) in [5.74, 6) is -0.402. The van der Waals surface area contributed by atoms with E-state index in [2.05, 4.69) is 26.0 Å². The summed E-state index contributed by atoms with van der Waals surface area (Å²) in [7, 11) is 0. The number of nitrogens with two attached hydrogens (primary N) is 2. The third-order valence-corrected chi connectivity index (χ3v) is 12.0. The maximum absolute atomic E-state index is 16.0. The average molecular weight is 609 g/mol. The molecule has 0 spiro atoms. The highest BCUT2D eigenvalue weighted by atomic mass is 32.2. The molecule has 0 radical (unpaired) electrons. The summed E-state index contributed by atoms with van der Waals surface area (Å²) in [5.41, 5.74) is 16.8. The van der Waals surface area contributed by atoms with E-state index < -0.39 is 4.75 Å². The zero-order chi connectivity index (χ0) is 29.0. The van der Waals surface area contributed by atoms with Gasteiger partial charge in [0.25, 0.3) is 0 Å². The minimum absolute atomic E-state index is 0.197. The van der Waals surface area contributed by atoms with Crippen molar-refractivity contribution in [1.82, 2.24) is 0 Å². The van der Waals surface area contributed by atoms with Gasteiger partial charge in [0.1, 0.15) is 11.6 Å². The van der Waals surface area contributed by atoms with Crippen LogP contribution in [0.5, 0.6) is 0 Å². The van der Waals surface area contributed by atoms with E-state index in [1.807, 2.05) is 35.7 Å². The predicted octanol–water partition coefficient (Wildman–Crippen LogP) is 10.8. The Balaban J connectivity index is 1.50. The maximum Gasteiger partial charge on any atom is 0.132 e. The van der Waals surface area contributed by atoms with Crippen molar-refractivity contribution >= 4 is 50.7 Å². The SMILES string of the molecule is CCCCCc1ccc(-c2ccc(C3(c4ccc(CCCCC)cc4F)CC=C(c4scc(N)c4N)S3)s2)c(F)c1. The van der Waals surface area contributed by atoms with Gasteiger partial charge in [-0.2, -0.15) is 0 Å². The molecule has 0 saturated carbocycles. The molecule has 0 amide bonds. The Bertz CT molecular complexity index is 1540. The van der Waals surface area contributed by atoms with Gasteiger partial charge >= 0.3 is 0 Å². The van der Waals surface area contributed by atoms with E-state index in [1.165, 1.54) is 11.3 Å². The number of unbranched alkanes of at least 4 members (excludes halogenated alkanes) is 4. The second-order valence-electron chi connectivity index (χ2n) is 10.8. The molecule has 0 fully saturated rings. The van der Waals surface area contributed by atoms with E-state index in [9.17, 15) is 0 Å². The number of aryl methyl sites for hydroxylation is 2. The Morgan fingerprint density at radius 3 is 2.12 bits per heavy atom. The lowest BCUT2D eigenvalue weighted by Crippen LogP contribution is -2.21. The van der Waals surface area contributed by atoms with E-state index in [4.69, 9.17) is 11.5 Å². The third-order valence-electron chi connectivity index (χ3n) is 7.85. The van der Waals surface area contributed by atoms with Gasteiger partial charge in [0.2, 0.25) is 0 Å². The van der Waals surface area contributed by atoms with Gasteiger partial charge in [0.15, 0.2) is 0 Å². The largest absolute Gasteiger partial charge is 0.396 e. The lowest BCUT2D eigenvalue weighted by atomic mass is 9.91. The highest BCUT2D eigenvalue weighted by Crippen LogP contribution is 2.60. The summed E-state index contributed by atoms with van der Waals surface area (Å²) in [4.78, 5) is 3.78. The first-order valence-electron chi connectivity index (χ1n) is 14.6. The summed E-state index contributed by atoms with van der Waals surface area (Å²) in [5, 5.41) is 1.86. The number of halogens is 2. The maximum atomic E-state index is 16.0. The Labute approximate surface area is 254 Å². The van der Waals surface area contributed by atoms with Crippen molar-refractivity contribution in [2.45, 2.75) is 76.4 Å². The molecule has 4 aromatic rings. The molecule has 0 saturated heterocycles. The van der Waals surface area contributed by atoms with E-state index in [1.54, 1.807) is 35.2 Å². The number of anilines is 2. The standard InChI is InChI=1S/C34H38F2N2S3/c1-3-5-7-9-22-11-13-24(26(35)19-22)29-15-16-31(40-29)34(18-17-30(41-34)33-32(38)28(37)21-39-33)25-14-12-23(20-27(25)36)10-8-6-4-2/h11-17,19-21H,3-10,18,37-38H2,1-2H3. The number of thioether (sulfide) groups is 1. The van der Waals surface area contributed by atoms with Gasteiger partial charge in [-0.05, 0) is 67.5 Å². The third kappa shape index (κ3) is 6.27. The van der Waals surface area contributed by atoms with E-state index in [-0.39, 0.29) is 11.6 Å². The zero-order valence-corrected chi connectivity index (χ0v) is 26.2. The van der Waals surface area contributed by atoms with Crippen LogP contribution >= 0.6 is 34.4 Å². The van der Waals surface area contributed by atoms with Gasteiger partial charge in [-0.25, -0.2) is 8.78 Å². The van der Waals surface area contributed by atoms with Gasteiger partial charge in [0, 0.05) is 31.2 Å². The van der Waals surface area contributed by atoms with E-state index >= 15 is 8.78 Å². The van der Waals surface area contributed by atoms with Crippen LogP contribution in [-0.2, 0) is 17.6 Å². The molecule has 3 heterocycles. The van der Waals surface area contributed by atoms with Gasteiger partial charge in [-0.15, -0.1) is 34.4 Å². The van der Waals surface area contributed by atoms with E-state index in [0.29, 0.717) is 28.9 Å². The molecule has 2 aromatic heterocycles. The quantitative estimate of drug-likeness (QED) is 0.157. The van der Waals surface area contributed by atoms with Crippen molar-refractivity contribution in [3.63, 3.8) is 0 Å². The van der Waals surface area contributed by atoms with Crippen molar-refractivity contribution < 1.29 is 8.78 Å². The van der Waals surface area contributed by atoms with Crippen molar-refractivity contribution in [2.24, 2.45) is 0 Å². The molecule has 1 aliphatic rings. The molecule has 216 valence electrons. The molecule has 7 heteroatoms. The van der Waals surface area contributed by atoms with Gasteiger partial charge in [0.05, 0.1) is 21.0 Å². The molecule has 1 aliphatic heterocycles. The minimum Gasteiger partial charge on any atom is -0.396 e.